The Balaban J connectivity index is 2.00. The highest BCUT2D eigenvalue weighted by atomic mass is 32.2. The monoisotopic (exact) mass is 265 g/mol. The Morgan fingerprint density at radius 1 is 1.28 bits per heavy atom. The summed E-state index contributed by atoms with van der Waals surface area (Å²) in [6, 6.07) is 9.01. The topological polar surface area (TPSA) is 21.3 Å². The second-order valence-corrected chi connectivity index (χ2v) is 6.65. The molecule has 2 atom stereocenters. The summed E-state index contributed by atoms with van der Waals surface area (Å²) in [4.78, 5) is 0. The minimum absolute atomic E-state index is 0.239. The smallest absolute Gasteiger partial charge is 0.119 e. The Morgan fingerprint density at radius 2 is 2.00 bits per heavy atom. The van der Waals surface area contributed by atoms with Crippen molar-refractivity contribution in [3.8, 4) is 5.75 Å². The third-order valence-electron chi connectivity index (χ3n) is 3.14. The predicted molar refractivity (Wildman–Crippen MR) is 79.5 cm³/mol. The molecule has 1 aromatic carbocycles. The van der Waals surface area contributed by atoms with E-state index in [1.165, 1.54) is 12.0 Å². The Kier molecular flexibility index (Phi) is 4.95. The average molecular weight is 265 g/mol. The largest absolute Gasteiger partial charge is 0.491 e. The first-order valence-corrected chi connectivity index (χ1v) is 7.81. The van der Waals surface area contributed by atoms with Crippen LogP contribution in [0.25, 0.3) is 0 Å². The number of rotatable bonds is 3. The van der Waals surface area contributed by atoms with Crippen molar-refractivity contribution in [2.75, 3.05) is 12.3 Å². The number of hydrogen-bond donors (Lipinski definition) is 1. The van der Waals surface area contributed by atoms with Gasteiger partial charge in [-0.2, -0.15) is 11.8 Å². The van der Waals surface area contributed by atoms with Crippen LogP contribution < -0.4 is 10.1 Å². The first-order valence-electron chi connectivity index (χ1n) is 6.77. The SMILES string of the molecule is CC(C)Oc1ccc(C2CSC(C)CCN2)cc1. The maximum atomic E-state index is 5.67. The molecule has 18 heavy (non-hydrogen) atoms. The summed E-state index contributed by atoms with van der Waals surface area (Å²) >= 11 is 2.06. The molecule has 0 bridgehead atoms. The van der Waals surface area contributed by atoms with Crippen LogP contribution in [0.3, 0.4) is 0 Å². The third kappa shape index (κ3) is 3.92. The second-order valence-electron chi connectivity index (χ2n) is 5.17. The van der Waals surface area contributed by atoms with Crippen LogP contribution in [-0.4, -0.2) is 23.7 Å². The molecule has 1 N–H and O–H groups in total. The summed E-state index contributed by atoms with van der Waals surface area (Å²) in [6.07, 6.45) is 1.50. The zero-order valence-corrected chi connectivity index (χ0v) is 12.3. The van der Waals surface area contributed by atoms with E-state index >= 15 is 0 Å². The summed E-state index contributed by atoms with van der Waals surface area (Å²) in [7, 11) is 0. The van der Waals surface area contributed by atoms with E-state index in [1.807, 2.05) is 0 Å². The fourth-order valence-electron chi connectivity index (χ4n) is 2.13. The molecule has 1 saturated heterocycles. The summed E-state index contributed by atoms with van der Waals surface area (Å²) in [5, 5.41) is 4.40. The Morgan fingerprint density at radius 3 is 2.67 bits per heavy atom. The number of benzene rings is 1. The van der Waals surface area contributed by atoms with Gasteiger partial charge in [0.1, 0.15) is 5.75 Å². The lowest BCUT2D eigenvalue weighted by Gasteiger charge is -2.17. The van der Waals surface area contributed by atoms with Crippen LogP contribution >= 0.6 is 11.8 Å². The van der Waals surface area contributed by atoms with E-state index in [1.54, 1.807) is 0 Å². The fraction of sp³-hybridized carbons (Fsp3) is 0.600. The number of ether oxygens (including phenoxy) is 1. The number of nitrogens with one attached hydrogen (secondary N) is 1. The molecule has 0 radical (unpaired) electrons. The molecule has 1 aromatic rings. The van der Waals surface area contributed by atoms with Gasteiger partial charge >= 0.3 is 0 Å². The molecule has 1 aliphatic heterocycles. The first kappa shape index (κ1) is 13.8. The molecule has 0 aromatic heterocycles. The summed E-state index contributed by atoms with van der Waals surface area (Å²) in [5.41, 5.74) is 1.37. The molecule has 1 heterocycles. The standard InChI is InChI=1S/C15H23NOS/c1-11(2)17-14-6-4-13(5-7-14)15-10-18-12(3)8-9-16-15/h4-7,11-12,15-16H,8-10H2,1-3H3. The van der Waals surface area contributed by atoms with Gasteiger partial charge in [-0.15, -0.1) is 0 Å². The molecule has 2 nitrogen and oxygen atoms in total. The quantitative estimate of drug-likeness (QED) is 0.901. The minimum Gasteiger partial charge on any atom is -0.491 e. The minimum atomic E-state index is 0.239. The summed E-state index contributed by atoms with van der Waals surface area (Å²) in [5.74, 6) is 2.12. The lowest BCUT2D eigenvalue weighted by molar-refractivity contribution is 0.242. The van der Waals surface area contributed by atoms with Gasteiger partial charge in [-0.1, -0.05) is 19.1 Å². The van der Waals surface area contributed by atoms with E-state index in [0.717, 1.165) is 23.3 Å². The van der Waals surface area contributed by atoms with Crippen molar-refractivity contribution in [1.29, 1.82) is 0 Å². The van der Waals surface area contributed by atoms with Crippen molar-refractivity contribution in [3.05, 3.63) is 29.8 Å². The molecule has 0 aliphatic carbocycles. The van der Waals surface area contributed by atoms with Crippen LogP contribution in [-0.2, 0) is 0 Å². The normalized spacial score (nSPS) is 24.9. The maximum absolute atomic E-state index is 5.67. The zero-order valence-electron chi connectivity index (χ0n) is 11.5. The molecule has 1 aliphatic rings. The molecular weight excluding hydrogens is 242 g/mol. The number of thioether (sulfide) groups is 1. The van der Waals surface area contributed by atoms with Crippen molar-refractivity contribution < 1.29 is 4.74 Å². The van der Waals surface area contributed by atoms with E-state index in [0.29, 0.717) is 6.04 Å². The highest BCUT2D eigenvalue weighted by Gasteiger charge is 2.17. The van der Waals surface area contributed by atoms with E-state index in [-0.39, 0.29) is 6.10 Å². The molecule has 3 heteroatoms. The van der Waals surface area contributed by atoms with Gasteiger partial charge < -0.3 is 10.1 Å². The van der Waals surface area contributed by atoms with Crippen LogP contribution in [0.1, 0.15) is 38.8 Å². The molecule has 0 spiro atoms. The van der Waals surface area contributed by atoms with Gasteiger partial charge in [-0.05, 0) is 44.5 Å². The van der Waals surface area contributed by atoms with Gasteiger partial charge in [0.2, 0.25) is 0 Å². The Bertz CT molecular complexity index is 363. The molecular formula is C15H23NOS. The molecule has 0 saturated carbocycles. The van der Waals surface area contributed by atoms with Crippen LogP contribution in [0.15, 0.2) is 24.3 Å². The van der Waals surface area contributed by atoms with Gasteiger partial charge in [0.15, 0.2) is 0 Å². The van der Waals surface area contributed by atoms with Crippen molar-refractivity contribution in [2.24, 2.45) is 0 Å². The highest BCUT2D eigenvalue weighted by molar-refractivity contribution is 7.99. The molecule has 2 rings (SSSR count). The van der Waals surface area contributed by atoms with Gasteiger partial charge in [0.25, 0.3) is 0 Å². The second kappa shape index (κ2) is 6.48. The van der Waals surface area contributed by atoms with Gasteiger partial charge in [0.05, 0.1) is 6.10 Å². The van der Waals surface area contributed by atoms with E-state index in [9.17, 15) is 0 Å². The van der Waals surface area contributed by atoms with E-state index in [2.05, 4.69) is 62.1 Å². The van der Waals surface area contributed by atoms with Crippen molar-refractivity contribution in [1.82, 2.24) is 5.32 Å². The maximum Gasteiger partial charge on any atom is 0.119 e. The average Bonchev–Trinajstić information content (AvgIpc) is 2.54. The van der Waals surface area contributed by atoms with Crippen molar-refractivity contribution in [2.45, 2.75) is 44.6 Å². The predicted octanol–water partition coefficient (Wildman–Crippen LogP) is 3.63. The molecule has 2 unspecified atom stereocenters. The first-order chi connectivity index (χ1) is 8.65. The lowest BCUT2D eigenvalue weighted by atomic mass is 10.1. The molecule has 0 amide bonds. The van der Waals surface area contributed by atoms with Crippen LogP contribution in [0.4, 0.5) is 0 Å². The van der Waals surface area contributed by atoms with Crippen LogP contribution in [0.2, 0.25) is 0 Å². The van der Waals surface area contributed by atoms with Gasteiger partial charge in [0, 0.05) is 17.0 Å². The fourth-order valence-corrected chi connectivity index (χ4v) is 3.24. The van der Waals surface area contributed by atoms with E-state index in [4.69, 9.17) is 4.74 Å². The lowest BCUT2D eigenvalue weighted by Crippen LogP contribution is -2.22. The van der Waals surface area contributed by atoms with Gasteiger partial charge in [-0.3, -0.25) is 0 Å². The van der Waals surface area contributed by atoms with Crippen LogP contribution in [0.5, 0.6) is 5.75 Å². The summed E-state index contributed by atoms with van der Waals surface area (Å²) < 4.78 is 5.67. The van der Waals surface area contributed by atoms with E-state index < -0.39 is 0 Å². The number of hydrogen-bond acceptors (Lipinski definition) is 3. The van der Waals surface area contributed by atoms with Crippen molar-refractivity contribution in [3.63, 3.8) is 0 Å². The Labute approximate surface area is 114 Å². The van der Waals surface area contributed by atoms with Gasteiger partial charge in [-0.25, -0.2) is 0 Å². The van der Waals surface area contributed by atoms with Crippen molar-refractivity contribution >= 4 is 11.8 Å². The van der Waals surface area contributed by atoms with Crippen LogP contribution in [0, 0.1) is 0 Å². The zero-order chi connectivity index (χ0) is 13.0. The third-order valence-corrected chi connectivity index (χ3v) is 4.47. The Hall–Kier alpha value is -0.670. The highest BCUT2D eigenvalue weighted by Crippen LogP contribution is 2.27. The summed E-state index contributed by atoms with van der Waals surface area (Å²) in [6.45, 7) is 7.54. The molecule has 1 fully saturated rings. The molecule has 100 valence electrons.